The lowest BCUT2D eigenvalue weighted by Gasteiger charge is -2.18. The largest absolute Gasteiger partial charge is 0.480 e. The Morgan fingerprint density at radius 2 is 1.76 bits per heavy atom. The number of nitrogens with zero attached hydrogens (tertiary/aromatic N) is 1. The topological polar surface area (TPSA) is 101 Å². The van der Waals surface area contributed by atoms with Gasteiger partial charge in [0, 0.05) is 6.42 Å². The van der Waals surface area contributed by atoms with Crippen molar-refractivity contribution in [2.75, 3.05) is 13.1 Å². The highest BCUT2D eigenvalue weighted by molar-refractivity contribution is 5.86. The highest BCUT2D eigenvalue weighted by Gasteiger charge is 2.17. The molecular weight excluding hydrogens is 224 g/mol. The Kier molecular flexibility index (Phi) is 7.75. The van der Waals surface area contributed by atoms with Crippen LogP contribution in [0, 0.1) is 0 Å². The summed E-state index contributed by atoms with van der Waals surface area (Å²) >= 11 is 0. The lowest BCUT2D eigenvalue weighted by molar-refractivity contribution is -0.145. The Hall–Kier alpha value is -1.59. The van der Waals surface area contributed by atoms with Gasteiger partial charge in [0.25, 0.3) is 0 Å². The first kappa shape index (κ1) is 15.4. The molecule has 0 aliphatic rings. The summed E-state index contributed by atoms with van der Waals surface area (Å²) in [7, 11) is 0. The molecule has 0 aliphatic heterocycles. The van der Waals surface area contributed by atoms with Crippen molar-refractivity contribution in [3.8, 4) is 0 Å². The fraction of sp³-hybridized carbons (Fsp3) is 0.727. The zero-order valence-corrected chi connectivity index (χ0v) is 10.1. The Morgan fingerprint density at radius 3 is 2.24 bits per heavy atom. The third-order valence-electron chi connectivity index (χ3n) is 2.27. The number of hydrogen-bond donors (Lipinski definition) is 2. The molecule has 0 rings (SSSR count). The second-order valence-corrected chi connectivity index (χ2v) is 3.92. The highest BCUT2D eigenvalue weighted by atomic mass is 16.4. The number of unbranched alkanes of at least 4 members (excludes halogenated alkanes) is 3. The number of carbonyl (C=O) groups is 3. The molecule has 0 aromatic carbocycles. The maximum Gasteiger partial charge on any atom is 0.323 e. The van der Waals surface area contributed by atoms with Gasteiger partial charge < -0.3 is 15.7 Å². The molecule has 0 saturated carbocycles. The lowest BCUT2D eigenvalue weighted by atomic mass is 10.1. The maximum atomic E-state index is 11.6. The average Bonchev–Trinajstić information content (AvgIpc) is 2.22. The predicted octanol–water partition coefficient (Wildman–Crippen LogP) is 0.355. The van der Waals surface area contributed by atoms with E-state index in [0.29, 0.717) is 6.42 Å². The summed E-state index contributed by atoms with van der Waals surface area (Å²) in [5, 5.41) is 8.61. The first-order chi connectivity index (χ1) is 7.97. The lowest BCUT2D eigenvalue weighted by Crippen LogP contribution is -2.41. The Balaban J connectivity index is 4.12. The minimum atomic E-state index is -1.15. The van der Waals surface area contributed by atoms with Gasteiger partial charge in [-0.2, -0.15) is 0 Å². The summed E-state index contributed by atoms with van der Waals surface area (Å²) in [6, 6.07) is 0. The zero-order valence-electron chi connectivity index (χ0n) is 10.1. The fourth-order valence-corrected chi connectivity index (χ4v) is 1.44. The number of primary amides is 1. The molecule has 0 radical (unpaired) electrons. The van der Waals surface area contributed by atoms with Crippen LogP contribution in [0.5, 0.6) is 0 Å². The molecule has 0 aliphatic carbocycles. The molecule has 0 aromatic heterocycles. The standard InChI is InChI=1S/C11H20N2O4/c1-2-3-4-5-6-10(15)13(7-9(12)14)8-11(16)17/h2-8H2,1H3,(H2,12,14)(H,16,17). The van der Waals surface area contributed by atoms with Gasteiger partial charge in [0.1, 0.15) is 6.54 Å². The van der Waals surface area contributed by atoms with E-state index in [4.69, 9.17) is 10.8 Å². The van der Waals surface area contributed by atoms with Crippen LogP contribution >= 0.6 is 0 Å². The van der Waals surface area contributed by atoms with Crippen LogP contribution in [0.15, 0.2) is 0 Å². The van der Waals surface area contributed by atoms with Gasteiger partial charge in [0.2, 0.25) is 11.8 Å². The second kappa shape index (κ2) is 8.55. The van der Waals surface area contributed by atoms with Crippen molar-refractivity contribution in [3.05, 3.63) is 0 Å². The zero-order chi connectivity index (χ0) is 13.3. The van der Waals surface area contributed by atoms with Crippen LogP contribution < -0.4 is 5.73 Å². The van der Waals surface area contributed by atoms with Crippen molar-refractivity contribution in [2.45, 2.75) is 39.0 Å². The molecule has 6 nitrogen and oxygen atoms in total. The first-order valence-corrected chi connectivity index (χ1v) is 5.75. The van der Waals surface area contributed by atoms with Crippen LogP contribution in [0.25, 0.3) is 0 Å². The van der Waals surface area contributed by atoms with Crippen molar-refractivity contribution in [2.24, 2.45) is 5.73 Å². The number of carboxylic acid groups (broad SMARTS) is 1. The number of carbonyl (C=O) groups excluding carboxylic acids is 2. The monoisotopic (exact) mass is 244 g/mol. The van der Waals surface area contributed by atoms with Crippen LogP contribution in [-0.2, 0) is 14.4 Å². The predicted molar refractivity (Wildman–Crippen MR) is 62.2 cm³/mol. The van der Waals surface area contributed by atoms with Crippen LogP contribution in [0.2, 0.25) is 0 Å². The van der Waals surface area contributed by atoms with Gasteiger partial charge in [-0.1, -0.05) is 26.2 Å². The smallest absolute Gasteiger partial charge is 0.323 e. The van der Waals surface area contributed by atoms with Crippen molar-refractivity contribution < 1.29 is 19.5 Å². The van der Waals surface area contributed by atoms with E-state index >= 15 is 0 Å². The number of nitrogens with two attached hydrogens (primary N) is 1. The van der Waals surface area contributed by atoms with Crippen molar-refractivity contribution >= 4 is 17.8 Å². The highest BCUT2D eigenvalue weighted by Crippen LogP contribution is 2.05. The molecule has 98 valence electrons. The van der Waals surface area contributed by atoms with Gasteiger partial charge in [0.05, 0.1) is 6.54 Å². The van der Waals surface area contributed by atoms with E-state index in [1.54, 1.807) is 0 Å². The summed E-state index contributed by atoms with van der Waals surface area (Å²) in [6.45, 7) is 1.25. The van der Waals surface area contributed by atoms with Gasteiger partial charge in [-0.3, -0.25) is 14.4 Å². The SMILES string of the molecule is CCCCCCC(=O)N(CC(N)=O)CC(=O)O. The van der Waals surface area contributed by atoms with Crippen LogP contribution in [0.3, 0.4) is 0 Å². The second-order valence-electron chi connectivity index (χ2n) is 3.92. The number of rotatable bonds is 9. The van der Waals surface area contributed by atoms with E-state index in [2.05, 4.69) is 6.92 Å². The molecule has 3 N–H and O–H groups in total. The van der Waals surface area contributed by atoms with E-state index < -0.39 is 18.4 Å². The number of hydrogen-bond acceptors (Lipinski definition) is 3. The van der Waals surface area contributed by atoms with E-state index in [1.807, 2.05) is 0 Å². The molecule has 6 heteroatoms. The molecule has 0 heterocycles. The minimum Gasteiger partial charge on any atom is -0.480 e. The summed E-state index contributed by atoms with van der Waals surface area (Å²) in [6.07, 6.45) is 4.01. The van der Waals surface area contributed by atoms with Crippen molar-refractivity contribution in [3.63, 3.8) is 0 Å². The molecule has 0 spiro atoms. The van der Waals surface area contributed by atoms with Crippen LogP contribution in [0.4, 0.5) is 0 Å². The Morgan fingerprint density at radius 1 is 1.12 bits per heavy atom. The van der Waals surface area contributed by atoms with E-state index in [1.165, 1.54) is 0 Å². The Labute approximate surface area is 101 Å². The number of aliphatic carboxylic acids is 1. The van der Waals surface area contributed by atoms with Crippen LogP contribution in [-0.4, -0.2) is 40.9 Å². The number of carboxylic acids is 1. The van der Waals surface area contributed by atoms with Gasteiger partial charge in [-0.05, 0) is 6.42 Å². The molecule has 0 fully saturated rings. The van der Waals surface area contributed by atoms with Gasteiger partial charge in [-0.25, -0.2) is 0 Å². The normalized spacial score (nSPS) is 9.94. The van der Waals surface area contributed by atoms with Gasteiger partial charge in [-0.15, -0.1) is 0 Å². The molecule has 2 amide bonds. The quantitative estimate of drug-likeness (QED) is 0.571. The van der Waals surface area contributed by atoms with Gasteiger partial charge in [0.15, 0.2) is 0 Å². The first-order valence-electron chi connectivity index (χ1n) is 5.75. The average molecular weight is 244 g/mol. The summed E-state index contributed by atoms with van der Waals surface area (Å²) in [4.78, 5) is 33.8. The maximum absolute atomic E-state index is 11.6. The van der Waals surface area contributed by atoms with Crippen molar-refractivity contribution in [1.82, 2.24) is 4.90 Å². The molecule has 17 heavy (non-hydrogen) atoms. The molecule has 0 aromatic rings. The molecule has 0 unspecified atom stereocenters. The summed E-state index contributed by atoms with van der Waals surface area (Å²) in [5.41, 5.74) is 4.96. The van der Waals surface area contributed by atoms with E-state index in [-0.39, 0.29) is 18.9 Å². The van der Waals surface area contributed by atoms with Crippen LogP contribution in [0.1, 0.15) is 39.0 Å². The molecular formula is C11H20N2O4. The Bertz CT molecular complexity index is 263. The third kappa shape index (κ3) is 8.24. The molecule has 0 bridgehead atoms. The number of amides is 2. The van der Waals surface area contributed by atoms with E-state index in [0.717, 1.165) is 24.2 Å². The van der Waals surface area contributed by atoms with E-state index in [9.17, 15) is 14.4 Å². The van der Waals surface area contributed by atoms with Crippen molar-refractivity contribution in [1.29, 1.82) is 0 Å². The molecule has 0 saturated heterocycles. The fourth-order valence-electron chi connectivity index (χ4n) is 1.44. The third-order valence-corrected chi connectivity index (χ3v) is 2.27. The van der Waals surface area contributed by atoms with Gasteiger partial charge >= 0.3 is 5.97 Å². The summed E-state index contributed by atoms with van der Waals surface area (Å²) < 4.78 is 0. The summed E-state index contributed by atoms with van der Waals surface area (Å²) in [5.74, 6) is -2.18. The molecule has 0 atom stereocenters. The minimum absolute atomic E-state index is 0.264.